The van der Waals surface area contributed by atoms with Gasteiger partial charge in [0.15, 0.2) is 0 Å². The highest BCUT2D eigenvalue weighted by Gasteiger charge is 1.96. The van der Waals surface area contributed by atoms with Gasteiger partial charge in [-0.05, 0) is 37.1 Å². The Morgan fingerprint density at radius 1 is 1.43 bits per heavy atom. The van der Waals surface area contributed by atoms with Crippen molar-refractivity contribution in [1.82, 2.24) is 10.3 Å². The van der Waals surface area contributed by atoms with Gasteiger partial charge in [0, 0.05) is 6.20 Å². The largest absolute Gasteiger partial charge is 0.316 e. The van der Waals surface area contributed by atoms with Gasteiger partial charge >= 0.3 is 0 Å². The SMILES string of the molecule is CC(C)CNCCc1cncc(F)c1. The van der Waals surface area contributed by atoms with Crippen molar-refractivity contribution < 1.29 is 4.39 Å². The molecule has 0 aliphatic rings. The summed E-state index contributed by atoms with van der Waals surface area (Å²) in [5.74, 6) is 0.395. The van der Waals surface area contributed by atoms with E-state index in [2.05, 4.69) is 24.1 Å². The van der Waals surface area contributed by atoms with E-state index in [0.717, 1.165) is 25.1 Å². The van der Waals surface area contributed by atoms with Crippen molar-refractivity contribution in [3.8, 4) is 0 Å². The summed E-state index contributed by atoms with van der Waals surface area (Å²) in [6.07, 6.45) is 3.77. The van der Waals surface area contributed by atoms with E-state index in [1.165, 1.54) is 12.3 Å². The summed E-state index contributed by atoms with van der Waals surface area (Å²) in [7, 11) is 0. The van der Waals surface area contributed by atoms with Crippen LogP contribution >= 0.6 is 0 Å². The maximum atomic E-state index is 12.7. The van der Waals surface area contributed by atoms with Crippen LogP contribution in [0.25, 0.3) is 0 Å². The molecule has 0 amide bonds. The van der Waals surface area contributed by atoms with E-state index in [4.69, 9.17) is 0 Å². The zero-order valence-corrected chi connectivity index (χ0v) is 8.76. The van der Waals surface area contributed by atoms with Gasteiger partial charge in [-0.25, -0.2) is 4.39 Å². The van der Waals surface area contributed by atoms with Crippen molar-refractivity contribution in [2.45, 2.75) is 20.3 Å². The quantitative estimate of drug-likeness (QED) is 0.729. The normalized spacial score (nSPS) is 10.9. The predicted octanol–water partition coefficient (Wildman–Crippen LogP) is 2.01. The Hall–Kier alpha value is -0.960. The number of aromatic nitrogens is 1. The summed E-state index contributed by atoms with van der Waals surface area (Å²) in [6, 6.07) is 1.53. The molecule has 3 heteroatoms. The van der Waals surface area contributed by atoms with Gasteiger partial charge in [-0.3, -0.25) is 4.98 Å². The van der Waals surface area contributed by atoms with E-state index in [0.29, 0.717) is 5.92 Å². The Balaban J connectivity index is 2.25. The van der Waals surface area contributed by atoms with Crippen molar-refractivity contribution in [1.29, 1.82) is 0 Å². The fourth-order valence-electron chi connectivity index (χ4n) is 1.22. The highest BCUT2D eigenvalue weighted by molar-refractivity contribution is 5.10. The van der Waals surface area contributed by atoms with Gasteiger partial charge in [-0.1, -0.05) is 13.8 Å². The van der Waals surface area contributed by atoms with E-state index >= 15 is 0 Å². The van der Waals surface area contributed by atoms with Crippen molar-refractivity contribution in [2.24, 2.45) is 5.92 Å². The standard InChI is InChI=1S/C11H17FN2/c1-9(2)6-13-4-3-10-5-11(12)8-14-7-10/h5,7-9,13H,3-4,6H2,1-2H3. The van der Waals surface area contributed by atoms with Crippen LogP contribution in [0.4, 0.5) is 4.39 Å². The molecule has 0 fully saturated rings. The van der Waals surface area contributed by atoms with Crippen LogP contribution in [0, 0.1) is 11.7 Å². The lowest BCUT2D eigenvalue weighted by atomic mass is 10.2. The Kier molecular flexibility index (Phi) is 4.53. The topological polar surface area (TPSA) is 24.9 Å². The van der Waals surface area contributed by atoms with Crippen molar-refractivity contribution >= 4 is 0 Å². The third-order valence-electron chi connectivity index (χ3n) is 1.90. The Labute approximate surface area is 84.6 Å². The number of halogens is 1. The Morgan fingerprint density at radius 2 is 2.21 bits per heavy atom. The van der Waals surface area contributed by atoms with Crippen molar-refractivity contribution in [3.63, 3.8) is 0 Å². The summed E-state index contributed by atoms with van der Waals surface area (Å²) in [5, 5.41) is 3.30. The molecule has 0 aliphatic carbocycles. The molecule has 0 aromatic carbocycles. The maximum absolute atomic E-state index is 12.7. The monoisotopic (exact) mass is 196 g/mol. The van der Waals surface area contributed by atoms with E-state index in [1.807, 2.05) is 0 Å². The number of nitrogens with zero attached hydrogens (tertiary/aromatic N) is 1. The molecule has 0 spiro atoms. The Morgan fingerprint density at radius 3 is 2.86 bits per heavy atom. The number of hydrogen-bond acceptors (Lipinski definition) is 2. The second kappa shape index (κ2) is 5.70. The first kappa shape index (κ1) is 11.1. The third kappa shape index (κ3) is 4.33. The molecule has 1 aromatic heterocycles. The molecule has 1 heterocycles. The van der Waals surface area contributed by atoms with E-state index < -0.39 is 0 Å². The molecule has 0 atom stereocenters. The van der Waals surface area contributed by atoms with Gasteiger partial charge in [0.2, 0.25) is 0 Å². The fraction of sp³-hybridized carbons (Fsp3) is 0.545. The molecule has 0 radical (unpaired) electrons. The lowest BCUT2D eigenvalue weighted by Gasteiger charge is -2.06. The molecule has 0 aliphatic heterocycles. The van der Waals surface area contributed by atoms with Gasteiger partial charge in [0.05, 0.1) is 6.20 Å². The molecule has 0 bridgehead atoms. The fourth-order valence-corrected chi connectivity index (χ4v) is 1.22. The van der Waals surface area contributed by atoms with Crippen LogP contribution in [-0.4, -0.2) is 18.1 Å². The summed E-state index contributed by atoms with van der Waals surface area (Å²) in [5.41, 5.74) is 0.946. The van der Waals surface area contributed by atoms with Crippen LogP contribution in [0.5, 0.6) is 0 Å². The van der Waals surface area contributed by atoms with Crippen LogP contribution < -0.4 is 5.32 Å². The molecule has 1 rings (SSSR count). The molecule has 0 saturated heterocycles. The number of hydrogen-bond donors (Lipinski definition) is 1. The van der Waals surface area contributed by atoms with Gasteiger partial charge in [0.1, 0.15) is 5.82 Å². The van der Waals surface area contributed by atoms with Crippen LogP contribution in [0.1, 0.15) is 19.4 Å². The average Bonchev–Trinajstić information content (AvgIpc) is 2.12. The highest BCUT2D eigenvalue weighted by Crippen LogP contribution is 2.00. The lowest BCUT2D eigenvalue weighted by Crippen LogP contribution is -2.22. The van der Waals surface area contributed by atoms with E-state index in [9.17, 15) is 4.39 Å². The van der Waals surface area contributed by atoms with Gasteiger partial charge in [-0.2, -0.15) is 0 Å². The van der Waals surface area contributed by atoms with Crippen LogP contribution in [0.15, 0.2) is 18.5 Å². The van der Waals surface area contributed by atoms with E-state index in [-0.39, 0.29) is 5.82 Å². The molecule has 0 saturated carbocycles. The maximum Gasteiger partial charge on any atom is 0.141 e. The van der Waals surface area contributed by atoms with Gasteiger partial charge in [-0.15, -0.1) is 0 Å². The Bertz CT molecular complexity index is 274. The summed E-state index contributed by atoms with van der Waals surface area (Å²) in [6.45, 7) is 6.21. The van der Waals surface area contributed by atoms with Crippen LogP contribution in [-0.2, 0) is 6.42 Å². The second-order valence-electron chi connectivity index (χ2n) is 3.86. The highest BCUT2D eigenvalue weighted by atomic mass is 19.1. The minimum Gasteiger partial charge on any atom is -0.316 e. The molecule has 1 N–H and O–H groups in total. The summed E-state index contributed by atoms with van der Waals surface area (Å²) < 4.78 is 12.7. The molecule has 78 valence electrons. The van der Waals surface area contributed by atoms with Crippen molar-refractivity contribution in [3.05, 3.63) is 29.8 Å². The molecule has 1 aromatic rings. The van der Waals surface area contributed by atoms with Crippen LogP contribution in [0.3, 0.4) is 0 Å². The van der Waals surface area contributed by atoms with Gasteiger partial charge in [0.25, 0.3) is 0 Å². The first-order valence-corrected chi connectivity index (χ1v) is 4.98. The molecular formula is C11H17FN2. The molecule has 14 heavy (non-hydrogen) atoms. The first-order valence-electron chi connectivity index (χ1n) is 4.98. The first-order chi connectivity index (χ1) is 6.68. The number of rotatable bonds is 5. The minimum atomic E-state index is -0.258. The molecule has 2 nitrogen and oxygen atoms in total. The number of nitrogens with one attached hydrogen (secondary N) is 1. The number of pyridine rings is 1. The second-order valence-corrected chi connectivity index (χ2v) is 3.86. The average molecular weight is 196 g/mol. The van der Waals surface area contributed by atoms with Gasteiger partial charge < -0.3 is 5.32 Å². The molecular weight excluding hydrogens is 179 g/mol. The van der Waals surface area contributed by atoms with E-state index in [1.54, 1.807) is 6.20 Å². The molecule has 0 unspecified atom stereocenters. The zero-order chi connectivity index (χ0) is 10.4. The summed E-state index contributed by atoms with van der Waals surface area (Å²) in [4.78, 5) is 3.80. The third-order valence-corrected chi connectivity index (χ3v) is 1.90. The van der Waals surface area contributed by atoms with Crippen molar-refractivity contribution in [2.75, 3.05) is 13.1 Å². The minimum absolute atomic E-state index is 0.258. The lowest BCUT2D eigenvalue weighted by molar-refractivity contribution is 0.552. The predicted molar refractivity (Wildman–Crippen MR) is 55.6 cm³/mol. The smallest absolute Gasteiger partial charge is 0.141 e. The van der Waals surface area contributed by atoms with Crippen LogP contribution in [0.2, 0.25) is 0 Å². The zero-order valence-electron chi connectivity index (χ0n) is 8.76. The summed E-state index contributed by atoms with van der Waals surface area (Å²) >= 11 is 0.